The third kappa shape index (κ3) is 3.69. The molecule has 11 heteroatoms. The van der Waals surface area contributed by atoms with Gasteiger partial charge in [0.2, 0.25) is 5.91 Å². The maximum Gasteiger partial charge on any atom is 0.389 e. The van der Waals surface area contributed by atoms with Gasteiger partial charge < -0.3 is 9.72 Å². The molecular weight excluding hydrogens is 476 g/mol. The summed E-state index contributed by atoms with van der Waals surface area (Å²) in [6.07, 6.45) is 2.99. The third-order valence-corrected chi connectivity index (χ3v) is 6.84. The average molecular weight is 496 g/mol. The SMILES string of the molecule is O=C1Nc2nc(-c3cn4ccnc4c(CCCC(F)(F)F)n3)ncc2C1(c1ccc(F)cc1)C1CC1. The normalized spacial score (nSPS) is 19.5. The minimum atomic E-state index is -4.25. The quantitative estimate of drug-likeness (QED) is 0.386. The zero-order valence-corrected chi connectivity index (χ0v) is 18.9. The van der Waals surface area contributed by atoms with Crippen molar-refractivity contribution >= 4 is 17.4 Å². The Hall–Kier alpha value is -3.89. The molecule has 1 amide bonds. The van der Waals surface area contributed by atoms with Crippen molar-refractivity contribution in [2.75, 3.05) is 5.32 Å². The number of nitrogens with one attached hydrogen (secondary N) is 1. The van der Waals surface area contributed by atoms with Crippen LogP contribution < -0.4 is 5.32 Å². The molecule has 0 saturated heterocycles. The Bertz CT molecular complexity index is 1480. The van der Waals surface area contributed by atoms with Gasteiger partial charge in [-0.25, -0.2) is 24.3 Å². The number of rotatable bonds is 6. The topological polar surface area (TPSA) is 85.1 Å². The number of hydrogen-bond donors (Lipinski definition) is 1. The zero-order valence-electron chi connectivity index (χ0n) is 18.9. The zero-order chi connectivity index (χ0) is 25.1. The van der Waals surface area contributed by atoms with E-state index < -0.39 is 18.0 Å². The molecule has 184 valence electrons. The van der Waals surface area contributed by atoms with Gasteiger partial charge in [-0.15, -0.1) is 0 Å². The predicted octanol–water partition coefficient (Wildman–Crippen LogP) is 4.86. The van der Waals surface area contributed by atoms with Crippen molar-refractivity contribution in [3.8, 4) is 11.5 Å². The molecular formula is C25H20F4N6O. The molecule has 1 saturated carbocycles. The Kier molecular flexibility index (Phi) is 5.06. The highest BCUT2D eigenvalue weighted by molar-refractivity contribution is 6.08. The summed E-state index contributed by atoms with van der Waals surface area (Å²) >= 11 is 0. The Morgan fingerprint density at radius 3 is 2.61 bits per heavy atom. The minimum Gasteiger partial charge on any atom is -0.309 e. The summed E-state index contributed by atoms with van der Waals surface area (Å²) in [5.74, 6) is 0.0185. The van der Waals surface area contributed by atoms with E-state index in [1.54, 1.807) is 41.3 Å². The molecule has 1 aliphatic heterocycles. The first-order valence-electron chi connectivity index (χ1n) is 11.6. The van der Waals surface area contributed by atoms with E-state index in [1.165, 1.54) is 12.1 Å². The van der Waals surface area contributed by atoms with E-state index >= 15 is 0 Å². The molecule has 6 rings (SSSR count). The molecule has 0 radical (unpaired) electrons. The predicted molar refractivity (Wildman–Crippen MR) is 122 cm³/mol. The summed E-state index contributed by atoms with van der Waals surface area (Å²) in [7, 11) is 0. The van der Waals surface area contributed by atoms with Crippen molar-refractivity contribution in [1.29, 1.82) is 0 Å². The molecule has 4 aromatic rings. The van der Waals surface area contributed by atoms with Gasteiger partial charge in [0.1, 0.15) is 22.7 Å². The molecule has 1 unspecified atom stereocenters. The number of carbonyl (C=O) groups excluding carboxylic acids is 1. The minimum absolute atomic E-state index is 0.0549. The Balaban J connectivity index is 1.39. The van der Waals surface area contributed by atoms with Gasteiger partial charge in [0.15, 0.2) is 11.5 Å². The molecule has 2 aliphatic rings. The van der Waals surface area contributed by atoms with Crippen molar-refractivity contribution in [1.82, 2.24) is 24.3 Å². The maximum atomic E-state index is 13.6. The lowest BCUT2D eigenvalue weighted by Crippen LogP contribution is -2.38. The number of aryl methyl sites for hydroxylation is 1. The van der Waals surface area contributed by atoms with E-state index in [1.807, 2.05) is 0 Å². The first kappa shape index (κ1) is 22.6. The summed E-state index contributed by atoms with van der Waals surface area (Å²) in [6, 6.07) is 5.92. The van der Waals surface area contributed by atoms with Crippen LogP contribution in [0.15, 0.2) is 49.1 Å². The highest BCUT2D eigenvalue weighted by Crippen LogP contribution is 2.56. The lowest BCUT2D eigenvalue weighted by Gasteiger charge is -2.27. The second kappa shape index (κ2) is 8.07. The number of halogens is 4. The van der Waals surface area contributed by atoms with Gasteiger partial charge in [-0.05, 0) is 49.3 Å². The van der Waals surface area contributed by atoms with Gasteiger partial charge in [-0.2, -0.15) is 13.2 Å². The van der Waals surface area contributed by atoms with Crippen LogP contribution >= 0.6 is 0 Å². The molecule has 1 atom stereocenters. The van der Waals surface area contributed by atoms with Crippen LogP contribution in [0.3, 0.4) is 0 Å². The fourth-order valence-electron chi connectivity index (χ4n) is 5.10. The second-order valence-corrected chi connectivity index (χ2v) is 9.20. The Morgan fingerprint density at radius 2 is 1.89 bits per heavy atom. The number of amides is 1. The van der Waals surface area contributed by atoms with Crippen LogP contribution in [0.25, 0.3) is 17.2 Å². The number of carbonyl (C=O) groups is 1. The molecule has 4 heterocycles. The van der Waals surface area contributed by atoms with Gasteiger partial charge in [-0.3, -0.25) is 4.79 Å². The van der Waals surface area contributed by atoms with Crippen LogP contribution in [0.2, 0.25) is 0 Å². The third-order valence-electron chi connectivity index (χ3n) is 6.84. The summed E-state index contributed by atoms with van der Waals surface area (Å²) in [6.45, 7) is 0. The highest BCUT2D eigenvalue weighted by Gasteiger charge is 2.58. The number of imidazole rings is 1. The number of anilines is 1. The van der Waals surface area contributed by atoms with Crippen LogP contribution in [-0.2, 0) is 16.6 Å². The molecule has 1 N–H and O–H groups in total. The average Bonchev–Trinajstić information content (AvgIpc) is 3.48. The van der Waals surface area contributed by atoms with Gasteiger partial charge in [0.25, 0.3) is 0 Å². The van der Waals surface area contributed by atoms with Crippen molar-refractivity contribution in [3.63, 3.8) is 0 Å². The van der Waals surface area contributed by atoms with E-state index in [9.17, 15) is 22.4 Å². The lowest BCUT2D eigenvalue weighted by atomic mass is 9.72. The number of benzene rings is 1. The number of fused-ring (bicyclic) bond motifs is 2. The highest BCUT2D eigenvalue weighted by atomic mass is 19.4. The summed E-state index contributed by atoms with van der Waals surface area (Å²) < 4.78 is 53.3. The smallest absolute Gasteiger partial charge is 0.309 e. The molecule has 0 bridgehead atoms. The van der Waals surface area contributed by atoms with Crippen molar-refractivity contribution in [2.24, 2.45) is 5.92 Å². The van der Waals surface area contributed by atoms with Gasteiger partial charge in [0, 0.05) is 36.8 Å². The molecule has 7 nitrogen and oxygen atoms in total. The summed E-state index contributed by atoms with van der Waals surface area (Å²) in [5, 5.41) is 2.87. The fourth-order valence-corrected chi connectivity index (χ4v) is 5.10. The van der Waals surface area contributed by atoms with Gasteiger partial charge >= 0.3 is 6.18 Å². The van der Waals surface area contributed by atoms with E-state index in [0.29, 0.717) is 34.0 Å². The van der Waals surface area contributed by atoms with E-state index in [4.69, 9.17) is 0 Å². The van der Waals surface area contributed by atoms with Crippen LogP contribution in [0.5, 0.6) is 0 Å². The number of nitrogens with zero attached hydrogens (tertiary/aromatic N) is 5. The van der Waals surface area contributed by atoms with Gasteiger partial charge in [0.05, 0.1) is 5.69 Å². The van der Waals surface area contributed by atoms with Crippen LogP contribution in [0.1, 0.15) is 42.5 Å². The molecule has 36 heavy (non-hydrogen) atoms. The van der Waals surface area contributed by atoms with Crippen LogP contribution in [-0.4, -0.2) is 36.4 Å². The van der Waals surface area contributed by atoms with Crippen molar-refractivity contribution in [3.05, 3.63) is 71.7 Å². The van der Waals surface area contributed by atoms with E-state index in [-0.39, 0.29) is 36.3 Å². The Morgan fingerprint density at radius 1 is 1.11 bits per heavy atom. The lowest BCUT2D eigenvalue weighted by molar-refractivity contribution is -0.135. The van der Waals surface area contributed by atoms with Crippen molar-refractivity contribution < 1.29 is 22.4 Å². The largest absolute Gasteiger partial charge is 0.389 e. The van der Waals surface area contributed by atoms with Crippen LogP contribution in [0, 0.1) is 11.7 Å². The molecule has 3 aromatic heterocycles. The second-order valence-electron chi connectivity index (χ2n) is 9.20. The molecule has 1 aromatic carbocycles. The number of alkyl halides is 3. The molecule has 1 aliphatic carbocycles. The van der Waals surface area contributed by atoms with E-state index in [0.717, 1.165) is 12.8 Å². The number of aromatic nitrogens is 5. The molecule has 0 spiro atoms. The number of hydrogen-bond acceptors (Lipinski definition) is 5. The van der Waals surface area contributed by atoms with Crippen molar-refractivity contribution in [2.45, 2.75) is 43.7 Å². The van der Waals surface area contributed by atoms with Crippen LogP contribution in [0.4, 0.5) is 23.4 Å². The summed E-state index contributed by atoms with van der Waals surface area (Å²) in [5.41, 5.74) is 1.55. The van der Waals surface area contributed by atoms with E-state index in [2.05, 4.69) is 25.3 Å². The fraction of sp³-hybridized carbons (Fsp3) is 0.320. The first-order chi connectivity index (χ1) is 17.3. The monoisotopic (exact) mass is 496 g/mol. The van der Waals surface area contributed by atoms with Gasteiger partial charge in [-0.1, -0.05) is 12.1 Å². The first-order valence-corrected chi connectivity index (χ1v) is 11.6. The molecule has 1 fully saturated rings. The summed E-state index contributed by atoms with van der Waals surface area (Å²) in [4.78, 5) is 31.2. The Labute approximate surface area is 202 Å². The standard InChI is InChI=1S/C25H20F4N6O/c26-16-7-5-15(6-8-16)25(14-3-4-14)17-12-31-21(33-20(17)34-23(25)36)19-13-35-11-10-30-22(35)18(32-19)2-1-9-24(27,28)29/h5-8,10-14H,1-4,9H2,(H,31,33,34,36). The maximum absolute atomic E-state index is 13.6.